The van der Waals surface area contributed by atoms with Crippen LogP contribution >= 0.6 is 11.3 Å². The summed E-state index contributed by atoms with van der Waals surface area (Å²) in [6, 6.07) is 15.4. The molecule has 0 unspecified atom stereocenters. The molecular weight excluding hydrogens is 332 g/mol. The summed E-state index contributed by atoms with van der Waals surface area (Å²) < 4.78 is 5.17. The van der Waals surface area contributed by atoms with Gasteiger partial charge < -0.3 is 10.1 Å². The van der Waals surface area contributed by atoms with Crippen LogP contribution in [0.2, 0.25) is 0 Å². The summed E-state index contributed by atoms with van der Waals surface area (Å²) in [6.07, 6.45) is 0.721. The van der Waals surface area contributed by atoms with E-state index in [1.807, 2.05) is 60.8 Å². The molecule has 1 N–H and O–H groups in total. The summed E-state index contributed by atoms with van der Waals surface area (Å²) in [4.78, 5) is 16.7. The van der Waals surface area contributed by atoms with Crippen LogP contribution in [-0.2, 0) is 6.42 Å². The highest BCUT2D eigenvalue weighted by Gasteiger charge is 2.07. The van der Waals surface area contributed by atoms with Gasteiger partial charge in [0.15, 0.2) is 0 Å². The molecule has 0 bridgehead atoms. The molecule has 3 aromatic rings. The van der Waals surface area contributed by atoms with Crippen LogP contribution in [0.15, 0.2) is 53.9 Å². The molecule has 0 saturated heterocycles. The molecule has 0 radical (unpaired) electrons. The Hall–Kier alpha value is -2.66. The molecule has 0 fully saturated rings. The number of amides is 1. The smallest absolute Gasteiger partial charge is 0.251 e. The summed E-state index contributed by atoms with van der Waals surface area (Å²) in [5.74, 6) is 0.782. The van der Waals surface area contributed by atoms with Crippen LogP contribution in [0.5, 0.6) is 5.75 Å². The van der Waals surface area contributed by atoms with Gasteiger partial charge in [0.2, 0.25) is 0 Å². The van der Waals surface area contributed by atoms with Crippen LogP contribution in [0.1, 0.15) is 20.9 Å². The number of hydrogen-bond acceptors (Lipinski definition) is 4. The fraction of sp³-hybridized carbons (Fsp3) is 0.200. The molecule has 0 aliphatic rings. The molecule has 0 spiro atoms. The van der Waals surface area contributed by atoms with Gasteiger partial charge in [-0.05, 0) is 43.3 Å². The van der Waals surface area contributed by atoms with Crippen molar-refractivity contribution >= 4 is 17.2 Å². The summed E-state index contributed by atoms with van der Waals surface area (Å²) in [7, 11) is 1.65. The van der Waals surface area contributed by atoms with Crippen LogP contribution in [0.3, 0.4) is 0 Å². The number of hydrogen-bond donors (Lipinski definition) is 1. The van der Waals surface area contributed by atoms with Crippen molar-refractivity contribution in [3.8, 4) is 17.0 Å². The van der Waals surface area contributed by atoms with Gasteiger partial charge in [-0.15, -0.1) is 11.3 Å². The van der Waals surface area contributed by atoms with E-state index in [2.05, 4.69) is 10.3 Å². The molecule has 0 aliphatic carbocycles. The lowest BCUT2D eigenvalue weighted by atomic mass is 10.1. The summed E-state index contributed by atoms with van der Waals surface area (Å²) in [5.41, 5.74) is 3.84. The lowest BCUT2D eigenvalue weighted by Gasteiger charge is -2.04. The van der Waals surface area contributed by atoms with Crippen LogP contribution < -0.4 is 10.1 Å². The number of thiazole rings is 1. The van der Waals surface area contributed by atoms with E-state index in [1.165, 1.54) is 0 Å². The number of aromatic nitrogens is 1. The number of ether oxygens (including phenoxy) is 1. The van der Waals surface area contributed by atoms with Crippen LogP contribution in [0.4, 0.5) is 0 Å². The molecule has 5 heteroatoms. The molecule has 25 heavy (non-hydrogen) atoms. The Balaban J connectivity index is 1.54. The molecule has 1 aromatic heterocycles. The Bertz CT molecular complexity index is 839. The van der Waals surface area contributed by atoms with Crippen LogP contribution in [0.25, 0.3) is 11.3 Å². The summed E-state index contributed by atoms with van der Waals surface area (Å²) in [6.45, 7) is 2.58. The van der Waals surface area contributed by atoms with Gasteiger partial charge in [0.25, 0.3) is 5.91 Å². The predicted octanol–water partition coefficient (Wildman–Crippen LogP) is 4.10. The maximum absolute atomic E-state index is 12.1. The number of nitrogens with zero attached hydrogens (tertiary/aromatic N) is 1. The Morgan fingerprint density at radius 2 is 1.84 bits per heavy atom. The molecule has 1 heterocycles. The third-order valence-electron chi connectivity index (χ3n) is 3.88. The lowest BCUT2D eigenvalue weighted by molar-refractivity contribution is 0.0954. The van der Waals surface area contributed by atoms with Crippen molar-refractivity contribution in [2.24, 2.45) is 0 Å². The molecule has 128 valence electrons. The first-order valence-electron chi connectivity index (χ1n) is 8.09. The minimum atomic E-state index is -0.0491. The minimum absolute atomic E-state index is 0.0491. The van der Waals surface area contributed by atoms with Gasteiger partial charge in [0, 0.05) is 29.5 Å². The minimum Gasteiger partial charge on any atom is -0.497 e. The van der Waals surface area contributed by atoms with Crippen molar-refractivity contribution in [1.29, 1.82) is 0 Å². The zero-order valence-electron chi connectivity index (χ0n) is 14.3. The van der Waals surface area contributed by atoms with E-state index in [0.29, 0.717) is 12.1 Å². The number of methoxy groups -OCH3 is 1. The van der Waals surface area contributed by atoms with Gasteiger partial charge in [-0.25, -0.2) is 4.98 Å². The van der Waals surface area contributed by atoms with E-state index in [9.17, 15) is 4.79 Å². The second-order valence-corrected chi connectivity index (χ2v) is 6.67. The van der Waals surface area contributed by atoms with Gasteiger partial charge in [-0.1, -0.05) is 17.7 Å². The molecule has 0 saturated carbocycles. The van der Waals surface area contributed by atoms with Gasteiger partial charge in [-0.3, -0.25) is 4.79 Å². The highest BCUT2D eigenvalue weighted by molar-refractivity contribution is 7.09. The zero-order chi connectivity index (χ0) is 17.6. The SMILES string of the molecule is COc1ccc(-c2csc(CCNC(=O)c3ccc(C)cc3)n2)cc1. The van der Waals surface area contributed by atoms with E-state index in [4.69, 9.17) is 4.74 Å². The summed E-state index contributed by atoms with van der Waals surface area (Å²) in [5, 5.41) is 5.99. The van der Waals surface area contributed by atoms with E-state index in [1.54, 1.807) is 18.4 Å². The fourth-order valence-electron chi connectivity index (χ4n) is 2.41. The van der Waals surface area contributed by atoms with E-state index >= 15 is 0 Å². The third kappa shape index (κ3) is 4.45. The van der Waals surface area contributed by atoms with Crippen molar-refractivity contribution in [2.45, 2.75) is 13.3 Å². The first-order valence-corrected chi connectivity index (χ1v) is 8.97. The lowest BCUT2D eigenvalue weighted by Crippen LogP contribution is -2.25. The first kappa shape index (κ1) is 17.2. The van der Waals surface area contributed by atoms with Gasteiger partial charge in [0.05, 0.1) is 17.8 Å². The molecule has 4 nitrogen and oxygen atoms in total. The second kappa shape index (κ2) is 7.94. The van der Waals surface area contributed by atoms with E-state index in [0.717, 1.165) is 34.0 Å². The topological polar surface area (TPSA) is 51.2 Å². The number of rotatable bonds is 6. The Labute approximate surface area is 151 Å². The van der Waals surface area contributed by atoms with Gasteiger partial charge in [0.1, 0.15) is 5.75 Å². The first-order chi connectivity index (χ1) is 12.2. The van der Waals surface area contributed by atoms with Crippen molar-refractivity contribution in [3.63, 3.8) is 0 Å². The normalized spacial score (nSPS) is 10.5. The van der Waals surface area contributed by atoms with Crippen molar-refractivity contribution in [1.82, 2.24) is 10.3 Å². The van der Waals surface area contributed by atoms with Gasteiger partial charge >= 0.3 is 0 Å². The van der Waals surface area contributed by atoms with Crippen molar-refractivity contribution in [2.75, 3.05) is 13.7 Å². The maximum Gasteiger partial charge on any atom is 0.251 e. The number of carbonyl (C=O) groups is 1. The standard InChI is InChI=1S/C20H20N2O2S/c1-14-3-5-16(6-4-14)20(23)21-12-11-19-22-18(13-25-19)15-7-9-17(24-2)10-8-15/h3-10,13H,11-12H2,1-2H3,(H,21,23). The molecular formula is C20H20N2O2S. The van der Waals surface area contributed by atoms with E-state index in [-0.39, 0.29) is 5.91 Å². The van der Waals surface area contributed by atoms with E-state index < -0.39 is 0 Å². The number of carbonyl (C=O) groups excluding carboxylic acids is 1. The molecule has 3 rings (SSSR count). The van der Waals surface area contributed by atoms with Gasteiger partial charge in [-0.2, -0.15) is 0 Å². The third-order valence-corrected chi connectivity index (χ3v) is 4.78. The molecule has 1 amide bonds. The second-order valence-electron chi connectivity index (χ2n) is 5.73. The molecule has 0 atom stereocenters. The average Bonchev–Trinajstić information content (AvgIpc) is 3.11. The predicted molar refractivity (Wildman–Crippen MR) is 101 cm³/mol. The number of benzene rings is 2. The Morgan fingerprint density at radius 1 is 1.12 bits per heavy atom. The average molecular weight is 352 g/mol. The molecule has 2 aromatic carbocycles. The van der Waals surface area contributed by atoms with Crippen LogP contribution in [0, 0.1) is 6.92 Å². The van der Waals surface area contributed by atoms with Crippen molar-refractivity contribution in [3.05, 3.63) is 70.0 Å². The number of aryl methyl sites for hydroxylation is 1. The quantitative estimate of drug-likeness (QED) is 0.727. The number of nitrogens with one attached hydrogen (secondary N) is 1. The highest BCUT2D eigenvalue weighted by atomic mass is 32.1. The largest absolute Gasteiger partial charge is 0.497 e. The maximum atomic E-state index is 12.1. The van der Waals surface area contributed by atoms with Crippen LogP contribution in [-0.4, -0.2) is 24.5 Å². The fourth-order valence-corrected chi connectivity index (χ4v) is 3.22. The highest BCUT2D eigenvalue weighted by Crippen LogP contribution is 2.24. The summed E-state index contributed by atoms with van der Waals surface area (Å²) >= 11 is 1.61. The van der Waals surface area contributed by atoms with Crippen molar-refractivity contribution < 1.29 is 9.53 Å². The Kier molecular flexibility index (Phi) is 5.46. The zero-order valence-corrected chi connectivity index (χ0v) is 15.1. The Morgan fingerprint density at radius 3 is 2.52 bits per heavy atom. The monoisotopic (exact) mass is 352 g/mol. The molecule has 0 aliphatic heterocycles.